The molecule has 0 radical (unpaired) electrons. The van der Waals surface area contributed by atoms with E-state index < -0.39 is 22.1 Å². The fraction of sp³-hybridized carbons (Fsp3) is 0.667. The van der Waals surface area contributed by atoms with Gasteiger partial charge in [-0.3, -0.25) is 0 Å². The second-order valence-electron chi connectivity index (χ2n) is 2.75. The zero-order valence-corrected chi connectivity index (χ0v) is 7.90. The predicted molar refractivity (Wildman–Crippen MR) is 40.7 cm³/mol. The van der Waals surface area contributed by atoms with Crippen LogP contribution in [0, 0.1) is 0 Å². The lowest BCUT2D eigenvalue weighted by Crippen LogP contribution is -2.52. The van der Waals surface area contributed by atoms with Crippen molar-refractivity contribution in [1.29, 1.82) is 0 Å². The van der Waals surface area contributed by atoms with Gasteiger partial charge in [0.15, 0.2) is 0 Å². The number of hydrogen-bond donors (Lipinski definition) is 0. The van der Waals surface area contributed by atoms with Crippen molar-refractivity contribution in [2.24, 2.45) is 0 Å². The molecule has 0 aromatic rings. The van der Waals surface area contributed by atoms with Gasteiger partial charge in [-0.1, -0.05) is 23.2 Å². The van der Waals surface area contributed by atoms with Crippen molar-refractivity contribution in [3.63, 3.8) is 0 Å². The second kappa shape index (κ2) is 2.50. The van der Waals surface area contributed by atoms with Gasteiger partial charge >= 0.3 is 16.3 Å². The van der Waals surface area contributed by atoms with Gasteiger partial charge in [0.2, 0.25) is 0 Å². The lowest BCUT2D eigenvalue weighted by Gasteiger charge is -2.33. The Balaban J connectivity index is 2.93. The van der Waals surface area contributed by atoms with Gasteiger partial charge in [0.25, 0.3) is 5.79 Å². The first kappa shape index (κ1) is 9.61. The Kier molecular flexibility index (Phi) is 2.00. The van der Waals surface area contributed by atoms with E-state index in [0.717, 1.165) is 0 Å². The highest BCUT2D eigenvalue weighted by atomic mass is 35.5. The van der Waals surface area contributed by atoms with Gasteiger partial charge in [0.1, 0.15) is 0 Å². The van der Waals surface area contributed by atoms with Crippen LogP contribution in [0.25, 0.3) is 0 Å². The normalized spacial score (nSPS) is 26.0. The Bertz CT molecular complexity index is 224. The molecular formula is C6H6Cl2O4. The average Bonchev–Trinajstić information content (AvgIpc) is 1.82. The molecule has 0 atom stereocenters. The largest absolute Gasteiger partial charge is 0.420 e. The van der Waals surface area contributed by atoms with Crippen LogP contribution in [-0.2, 0) is 19.1 Å². The smallest absolute Gasteiger partial charge is 0.357 e. The molecule has 0 aromatic carbocycles. The van der Waals surface area contributed by atoms with Crippen molar-refractivity contribution in [3.05, 3.63) is 0 Å². The summed E-state index contributed by atoms with van der Waals surface area (Å²) in [5.74, 6) is -3.30. The van der Waals surface area contributed by atoms with E-state index in [0.29, 0.717) is 0 Å². The van der Waals surface area contributed by atoms with Crippen molar-refractivity contribution >= 4 is 35.1 Å². The Morgan fingerprint density at radius 2 is 1.42 bits per heavy atom. The molecule has 0 spiro atoms. The summed E-state index contributed by atoms with van der Waals surface area (Å²) in [6, 6.07) is 0. The molecule has 6 heteroatoms. The minimum atomic E-state index is -2.23. The number of hydrogen-bond acceptors (Lipinski definition) is 4. The summed E-state index contributed by atoms with van der Waals surface area (Å²) in [4.78, 5) is 21.9. The van der Waals surface area contributed by atoms with Crippen molar-refractivity contribution in [2.75, 3.05) is 0 Å². The molecule has 0 amide bonds. The molecule has 0 saturated carbocycles. The van der Waals surface area contributed by atoms with E-state index in [1.54, 1.807) is 0 Å². The number of carbonyl (C=O) groups excluding carboxylic acids is 2. The molecule has 0 unspecified atom stereocenters. The molecule has 4 nitrogen and oxygen atoms in total. The first-order valence-corrected chi connectivity index (χ1v) is 3.86. The Morgan fingerprint density at radius 3 is 1.75 bits per heavy atom. The van der Waals surface area contributed by atoms with Crippen LogP contribution in [0.15, 0.2) is 0 Å². The Hall–Kier alpha value is -0.480. The zero-order chi connectivity index (χ0) is 9.57. The lowest BCUT2D eigenvalue weighted by atomic mass is 10.3. The van der Waals surface area contributed by atoms with E-state index in [1.165, 1.54) is 13.8 Å². The number of rotatable bonds is 0. The zero-order valence-electron chi connectivity index (χ0n) is 6.39. The molecule has 68 valence electrons. The summed E-state index contributed by atoms with van der Waals surface area (Å²) < 4.78 is 7.00. The van der Waals surface area contributed by atoms with Gasteiger partial charge < -0.3 is 9.47 Å². The molecule has 1 saturated heterocycles. The van der Waals surface area contributed by atoms with Crippen LogP contribution in [-0.4, -0.2) is 22.1 Å². The van der Waals surface area contributed by atoms with Crippen LogP contribution < -0.4 is 0 Å². The van der Waals surface area contributed by atoms with Crippen molar-refractivity contribution in [2.45, 2.75) is 24.0 Å². The Labute approximate surface area is 78.7 Å². The summed E-state index contributed by atoms with van der Waals surface area (Å²) in [6.07, 6.45) is 0. The molecule has 0 aromatic heterocycles. The maximum Gasteiger partial charge on any atom is 0.357 e. The summed E-state index contributed by atoms with van der Waals surface area (Å²) in [7, 11) is 0. The van der Waals surface area contributed by atoms with Crippen LogP contribution in [0.1, 0.15) is 13.8 Å². The predicted octanol–water partition coefficient (Wildman–Crippen LogP) is 0.996. The topological polar surface area (TPSA) is 52.6 Å². The maximum atomic E-state index is 11.0. The van der Waals surface area contributed by atoms with Gasteiger partial charge in [-0.2, -0.15) is 0 Å². The van der Waals surface area contributed by atoms with Crippen LogP contribution in [0.5, 0.6) is 0 Å². The lowest BCUT2D eigenvalue weighted by molar-refractivity contribution is -0.232. The van der Waals surface area contributed by atoms with E-state index in [9.17, 15) is 9.59 Å². The first-order valence-electron chi connectivity index (χ1n) is 3.10. The molecular weight excluding hydrogens is 207 g/mol. The second-order valence-corrected chi connectivity index (χ2v) is 4.08. The molecule has 1 aliphatic heterocycles. The third-order valence-corrected chi connectivity index (χ3v) is 1.81. The summed E-state index contributed by atoms with van der Waals surface area (Å²) >= 11 is 10.6. The summed E-state index contributed by atoms with van der Waals surface area (Å²) in [5, 5.41) is 0. The quantitative estimate of drug-likeness (QED) is 0.342. The fourth-order valence-corrected chi connectivity index (χ4v) is 0.833. The van der Waals surface area contributed by atoms with E-state index in [2.05, 4.69) is 9.47 Å². The molecule has 1 heterocycles. The van der Waals surface area contributed by atoms with Gasteiger partial charge in [-0.05, 0) is 0 Å². The highest BCUT2D eigenvalue weighted by Crippen LogP contribution is 2.33. The third-order valence-electron chi connectivity index (χ3n) is 1.19. The minimum absolute atomic E-state index is 1.01. The van der Waals surface area contributed by atoms with Crippen molar-refractivity contribution in [1.82, 2.24) is 0 Å². The van der Waals surface area contributed by atoms with Gasteiger partial charge in [-0.15, -0.1) is 0 Å². The molecule has 0 bridgehead atoms. The number of ether oxygens (including phenoxy) is 2. The third kappa shape index (κ3) is 1.49. The minimum Gasteiger partial charge on any atom is -0.420 e. The average molecular weight is 213 g/mol. The SMILES string of the molecule is CC1(C)OC(=O)C(Cl)(Cl)C(=O)O1. The molecule has 1 aliphatic rings. The number of cyclic esters (lactones) is 2. The fourth-order valence-electron chi connectivity index (χ4n) is 0.679. The number of esters is 2. The first-order chi connectivity index (χ1) is 5.26. The monoisotopic (exact) mass is 212 g/mol. The number of carbonyl (C=O) groups is 2. The van der Waals surface area contributed by atoms with Crippen LogP contribution in [0.3, 0.4) is 0 Å². The van der Waals surface area contributed by atoms with Crippen LogP contribution in [0.2, 0.25) is 0 Å². The summed E-state index contributed by atoms with van der Waals surface area (Å²) in [6.45, 7) is 2.82. The van der Waals surface area contributed by atoms with Crippen LogP contribution in [0.4, 0.5) is 0 Å². The van der Waals surface area contributed by atoms with Crippen molar-refractivity contribution < 1.29 is 19.1 Å². The molecule has 1 rings (SSSR count). The molecule has 0 aliphatic carbocycles. The molecule has 12 heavy (non-hydrogen) atoms. The standard InChI is InChI=1S/C6H6Cl2O4/c1-5(2)11-3(9)6(7,8)4(10)12-5/h1-2H3. The highest BCUT2D eigenvalue weighted by Gasteiger charge is 2.54. The number of halogens is 2. The van der Waals surface area contributed by atoms with E-state index in [4.69, 9.17) is 23.2 Å². The maximum absolute atomic E-state index is 11.0. The van der Waals surface area contributed by atoms with Crippen LogP contribution >= 0.6 is 23.2 Å². The highest BCUT2D eigenvalue weighted by molar-refractivity contribution is 6.66. The van der Waals surface area contributed by atoms with E-state index in [1.807, 2.05) is 0 Å². The summed E-state index contributed by atoms with van der Waals surface area (Å²) in [5.41, 5.74) is 0. The van der Waals surface area contributed by atoms with E-state index in [-0.39, 0.29) is 0 Å². The Morgan fingerprint density at radius 1 is 1.08 bits per heavy atom. The number of alkyl halides is 2. The molecule has 0 N–H and O–H groups in total. The van der Waals surface area contributed by atoms with E-state index >= 15 is 0 Å². The molecule has 1 fully saturated rings. The van der Waals surface area contributed by atoms with Gasteiger partial charge in [0, 0.05) is 13.8 Å². The van der Waals surface area contributed by atoms with Gasteiger partial charge in [0.05, 0.1) is 0 Å². The van der Waals surface area contributed by atoms with Gasteiger partial charge in [-0.25, -0.2) is 9.59 Å². The van der Waals surface area contributed by atoms with Crippen molar-refractivity contribution in [3.8, 4) is 0 Å².